The lowest BCUT2D eigenvalue weighted by Crippen LogP contribution is -2.18. The van der Waals surface area contributed by atoms with Gasteiger partial charge in [-0.2, -0.15) is 0 Å². The van der Waals surface area contributed by atoms with Crippen molar-refractivity contribution in [2.24, 2.45) is 0 Å². The van der Waals surface area contributed by atoms with Crippen molar-refractivity contribution in [2.45, 2.75) is 10.9 Å². The third kappa shape index (κ3) is 2.74. The molecule has 0 aromatic heterocycles. The summed E-state index contributed by atoms with van der Waals surface area (Å²) in [6, 6.07) is 15.0. The van der Waals surface area contributed by atoms with Gasteiger partial charge >= 0.3 is 0 Å². The van der Waals surface area contributed by atoms with Gasteiger partial charge in [-0.25, -0.2) is 4.39 Å². The fourth-order valence-electron chi connectivity index (χ4n) is 2.01. The average Bonchev–Trinajstić information content (AvgIpc) is 2.42. The second-order valence-corrected chi connectivity index (χ2v) is 4.90. The predicted molar refractivity (Wildman–Crippen MR) is 75.5 cm³/mol. The van der Waals surface area contributed by atoms with Crippen LogP contribution < -0.4 is 5.32 Å². The van der Waals surface area contributed by atoms with Crippen molar-refractivity contribution in [1.82, 2.24) is 5.32 Å². The Morgan fingerprint density at radius 1 is 1.06 bits per heavy atom. The van der Waals surface area contributed by atoms with E-state index < -0.39 is 0 Å². The van der Waals surface area contributed by atoms with Gasteiger partial charge in [0, 0.05) is 10.5 Å². The molecular formula is C15H16FNS. The number of nitrogens with one attached hydrogen (secondary N) is 1. The third-order valence-corrected chi connectivity index (χ3v) is 3.70. The summed E-state index contributed by atoms with van der Waals surface area (Å²) in [5, 5.41) is 3.17. The molecule has 0 amide bonds. The number of rotatable bonds is 4. The Balaban J connectivity index is 2.36. The molecule has 94 valence electrons. The number of hydrogen-bond donors (Lipinski definition) is 1. The van der Waals surface area contributed by atoms with E-state index in [-0.39, 0.29) is 11.9 Å². The molecule has 2 aromatic rings. The standard InChI is InChI=1S/C15H16FNS/c1-17-15(13-5-3-4-6-14(13)16)11-7-9-12(18-2)10-8-11/h3-10,15,17H,1-2H3. The zero-order chi connectivity index (χ0) is 13.0. The number of benzene rings is 2. The monoisotopic (exact) mass is 261 g/mol. The number of hydrogen-bond acceptors (Lipinski definition) is 2. The Labute approximate surface area is 111 Å². The molecule has 1 atom stereocenters. The van der Waals surface area contributed by atoms with Crippen LogP contribution in [0, 0.1) is 5.82 Å². The normalized spacial score (nSPS) is 12.4. The van der Waals surface area contributed by atoms with E-state index in [9.17, 15) is 4.39 Å². The Morgan fingerprint density at radius 2 is 1.72 bits per heavy atom. The summed E-state index contributed by atoms with van der Waals surface area (Å²) < 4.78 is 13.8. The first-order valence-corrected chi connectivity index (χ1v) is 7.04. The highest BCUT2D eigenvalue weighted by atomic mass is 32.2. The van der Waals surface area contributed by atoms with Crippen molar-refractivity contribution in [3.8, 4) is 0 Å². The van der Waals surface area contributed by atoms with Crippen LogP contribution in [0.3, 0.4) is 0 Å². The van der Waals surface area contributed by atoms with Crippen LogP contribution in [-0.4, -0.2) is 13.3 Å². The van der Waals surface area contributed by atoms with Crippen LogP contribution >= 0.6 is 11.8 Å². The third-order valence-electron chi connectivity index (χ3n) is 2.95. The minimum absolute atomic E-state index is 0.109. The van der Waals surface area contributed by atoms with Crippen LogP contribution in [0.1, 0.15) is 17.2 Å². The molecule has 1 unspecified atom stereocenters. The van der Waals surface area contributed by atoms with E-state index in [2.05, 4.69) is 17.4 Å². The molecule has 1 N–H and O–H groups in total. The van der Waals surface area contributed by atoms with E-state index in [0.717, 1.165) is 5.56 Å². The van der Waals surface area contributed by atoms with E-state index >= 15 is 0 Å². The SMILES string of the molecule is CNC(c1ccc(SC)cc1)c1ccccc1F. The Hall–Kier alpha value is -1.32. The molecule has 1 nitrogen and oxygen atoms in total. The Kier molecular flexibility index (Phi) is 4.39. The van der Waals surface area contributed by atoms with E-state index in [4.69, 9.17) is 0 Å². The van der Waals surface area contributed by atoms with Crippen molar-refractivity contribution in [1.29, 1.82) is 0 Å². The maximum atomic E-state index is 13.8. The molecule has 2 aromatic carbocycles. The van der Waals surface area contributed by atoms with Crippen LogP contribution in [0.15, 0.2) is 53.4 Å². The molecule has 2 rings (SSSR count). The van der Waals surface area contributed by atoms with Crippen molar-refractivity contribution in [3.63, 3.8) is 0 Å². The van der Waals surface area contributed by atoms with E-state index in [1.54, 1.807) is 17.8 Å². The van der Waals surface area contributed by atoms with Gasteiger partial charge in [0.2, 0.25) is 0 Å². The van der Waals surface area contributed by atoms with Crippen molar-refractivity contribution >= 4 is 11.8 Å². The van der Waals surface area contributed by atoms with Crippen LogP contribution in [0.4, 0.5) is 4.39 Å². The van der Waals surface area contributed by atoms with Gasteiger partial charge in [0.1, 0.15) is 5.82 Å². The van der Waals surface area contributed by atoms with Gasteiger partial charge < -0.3 is 5.32 Å². The second kappa shape index (κ2) is 6.03. The maximum Gasteiger partial charge on any atom is 0.128 e. The minimum Gasteiger partial charge on any atom is -0.309 e. The zero-order valence-electron chi connectivity index (χ0n) is 10.5. The van der Waals surface area contributed by atoms with Crippen molar-refractivity contribution in [2.75, 3.05) is 13.3 Å². The van der Waals surface area contributed by atoms with E-state index in [1.807, 2.05) is 37.6 Å². The number of halogens is 1. The molecule has 0 saturated carbocycles. The summed E-state index contributed by atoms with van der Waals surface area (Å²) in [5.74, 6) is -0.175. The predicted octanol–water partition coefficient (Wildman–Crippen LogP) is 3.86. The average molecular weight is 261 g/mol. The zero-order valence-corrected chi connectivity index (χ0v) is 11.3. The highest BCUT2D eigenvalue weighted by molar-refractivity contribution is 7.98. The summed E-state index contributed by atoms with van der Waals surface area (Å²) in [6.07, 6.45) is 2.04. The van der Waals surface area contributed by atoms with E-state index in [1.165, 1.54) is 11.0 Å². The maximum absolute atomic E-state index is 13.8. The smallest absolute Gasteiger partial charge is 0.128 e. The van der Waals surface area contributed by atoms with Gasteiger partial charge in [-0.15, -0.1) is 11.8 Å². The highest BCUT2D eigenvalue weighted by Crippen LogP contribution is 2.25. The fraction of sp³-hybridized carbons (Fsp3) is 0.200. The molecule has 0 aliphatic rings. The summed E-state index contributed by atoms with van der Waals surface area (Å²) in [6.45, 7) is 0. The first-order chi connectivity index (χ1) is 8.76. The van der Waals surface area contributed by atoms with Crippen LogP contribution in [0.2, 0.25) is 0 Å². The molecule has 0 saturated heterocycles. The summed E-state index contributed by atoms with van der Waals surface area (Å²) in [4.78, 5) is 1.21. The topological polar surface area (TPSA) is 12.0 Å². The molecule has 18 heavy (non-hydrogen) atoms. The molecule has 3 heteroatoms. The quantitative estimate of drug-likeness (QED) is 0.839. The van der Waals surface area contributed by atoms with Crippen LogP contribution in [0.25, 0.3) is 0 Å². The summed E-state index contributed by atoms with van der Waals surface area (Å²) in [7, 11) is 1.85. The highest BCUT2D eigenvalue weighted by Gasteiger charge is 2.15. The van der Waals surface area contributed by atoms with Gasteiger partial charge in [0.05, 0.1) is 6.04 Å². The summed E-state index contributed by atoms with van der Waals surface area (Å²) in [5.41, 5.74) is 1.75. The first kappa shape index (κ1) is 13.1. The van der Waals surface area contributed by atoms with E-state index in [0.29, 0.717) is 5.56 Å². The number of thioether (sulfide) groups is 1. The van der Waals surface area contributed by atoms with Gasteiger partial charge in [-0.3, -0.25) is 0 Å². The molecular weight excluding hydrogens is 245 g/mol. The Morgan fingerprint density at radius 3 is 2.28 bits per heavy atom. The van der Waals surface area contributed by atoms with Gasteiger partial charge in [0.15, 0.2) is 0 Å². The second-order valence-electron chi connectivity index (χ2n) is 4.02. The molecule has 0 aliphatic carbocycles. The Bertz CT molecular complexity index is 510. The molecule has 0 bridgehead atoms. The lowest BCUT2D eigenvalue weighted by molar-refractivity contribution is 0.576. The first-order valence-electron chi connectivity index (χ1n) is 5.82. The van der Waals surface area contributed by atoms with Gasteiger partial charge in [0.25, 0.3) is 0 Å². The molecule has 0 radical (unpaired) electrons. The molecule has 0 heterocycles. The lowest BCUT2D eigenvalue weighted by atomic mass is 9.98. The van der Waals surface area contributed by atoms with Crippen LogP contribution in [-0.2, 0) is 0 Å². The van der Waals surface area contributed by atoms with Crippen molar-refractivity contribution < 1.29 is 4.39 Å². The fourth-order valence-corrected chi connectivity index (χ4v) is 2.42. The minimum atomic E-state index is -0.175. The van der Waals surface area contributed by atoms with Gasteiger partial charge in [-0.05, 0) is 37.1 Å². The molecule has 0 aliphatic heterocycles. The summed E-state index contributed by atoms with van der Waals surface area (Å²) >= 11 is 1.70. The molecule has 0 fully saturated rings. The van der Waals surface area contributed by atoms with Gasteiger partial charge in [-0.1, -0.05) is 30.3 Å². The molecule has 0 spiro atoms. The van der Waals surface area contributed by atoms with Crippen LogP contribution in [0.5, 0.6) is 0 Å². The largest absolute Gasteiger partial charge is 0.309 e. The lowest BCUT2D eigenvalue weighted by Gasteiger charge is -2.18. The van der Waals surface area contributed by atoms with Crippen molar-refractivity contribution in [3.05, 3.63) is 65.5 Å².